The number of nitrogens with one attached hydrogen (secondary N) is 3. The van der Waals surface area contributed by atoms with Crippen LogP contribution in [0.4, 0.5) is 10.6 Å². The van der Waals surface area contributed by atoms with Crippen molar-refractivity contribution in [3.8, 4) is 5.88 Å². The summed E-state index contributed by atoms with van der Waals surface area (Å²) in [6.07, 6.45) is 3.54. The summed E-state index contributed by atoms with van der Waals surface area (Å²) in [6.45, 7) is 3.08. The largest absolute Gasteiger partial charge is 0.473 e. The molecule has 164 valence electrons. The second-order valence-corrected chi connectivity index (χ2v) is 7.61. The van der Waals surface area contributed by atoms with E-state index in [4.69, 9.17) is 14.2 Å². The molecule has 4 rings (SSSR count). The molecule has 3 N–H and O–H groups in total. The molecule has 1 saturated heterocycles. The summed E-state index contributed by atoms with van der Waals surface area (Å²) in [5.41, 5.74) is 1.69. The first-order chi connectivity index (χ1) is 15.1. The van der Waals surface area contributed by atoms with Crippen molar-refractivity contribution in [2.24, 2.45) is 0 Å². The van der Waals surface area contributed by atoms with Gasteiger partial charge in [-0.05, 0) is 12.5 Å². The molecule has 1 aliphatic rings. The second-order valence-electron chi connectivity index (χ2n) is 7.61. The predicted octanol–water partition coefficient (Wildman–Crippen LogP) is 3.41. The molecule has 9 heteroatoms. The fourth-order valence-corrected chi connectivity index (χ4v) is 3.65. The molecule has 3 atom stereocenters. The lowest BCUT2D eigenvalue weighted by Crippen LogP contribution is -2.35. The standard InChI is InChI=1S/C22H27N5O4/c1-14-10-16(8-9-30-14)31-21-17-12-23-20(11-18(17)26-27-21)25-22(28)24-19(13-29-2)15-6-4-3-5-7-15/h3-7,11-12,14,16,19H,8-10,13H2,1-2H3,(H,26,27)(H2,23,24,25,28). The molecule has 0 spiro atoms. The van der Waals surface area contributed by atoms with E-state index >= 15 is 0 Å². The Morgan fingerprint density at radius 3 is 2.97 bits per heavy atom. The van der Waals surface area contributed by atoms with Gasteiger partial charge >= 0.3 is 6.03 Å². The number of carbonyl (C=O) groups excluding carboxylic acids is 1. The minimum atomic E-state index is -0.370. The van der Waals surface area contributed by atoms with E-state index in [1.165, 1.54) is 0 Å². The smallest absolute Gasteiger partial charge is 0.320 e. The first-order valence-electron chi connectivity index (χ1n) is 10.4. The fraction of sp³-hybridized carbons (Fsp3) is 0.409. The van der Waals surface area contributed by atoms with Crippen molar-refractivity contribution in [2.45, 2.75) is 38.0 Å². The van der Waals surface area contributed by atoms with Crippen molar-refractivity contribution in [1.82, 2.24) is 20.5 Å². The van der Waals surface area contributed by atoms with Crippen LogP contribution < -0.4 is 15.4 Å². The molecule has 2 aromatic heterocycles. The molecule has 0 radical (unpaired) electrons. The summed E-state index contributed by atoms with van der Waals surface area (Å²) in [5.74, 6) is 0.922. The molecule has 2 amide bonds. The number of anilines is 1. The normalized spacial score (nSPS) is 19.7. The Kier molecular flexibility index (Phi) is 6.63. The van der Waals surface area contributed by atoms with Crippen LogP contribution in [0.3, 0.4) is 0 Å². The number of urea groups is 1. The summed E-state index contributed by atoms with van der Waals surface area (Å²) < 4.78 is 16.9. The SMILES string of the molecule is COCC(NC(=O)Nc1cc2[nH]nc(OC3CCOC(C)C3)c2cn1)c1ccccc1. The van der Waals surface area contributed by atoms with Crippen LogP contribution >= 0.6 is 0 Å². The molecular weight excluding hydrogens is 398 g/mol. The van der Waals surface area contributed by atoms with Gasteiger partial charge in [-0.3, -0.25) is 10.4 Å². The van der Waals surface area contributed by atoms with Crippen LogP contribution in [-0.2, 0) is 9.47 Å². The molecule has 3 heterocycles. The van der Waals surface area contributed by atoms with Gasteiger partial charge in [-0.1, -0.05) is 30.3 Å². The molecule has 3 aromatic rings. The Bertz CT molecular complexity index is 1010. The summed E-state index contributed by atoms with van der Waals surface area (Å²) >= 11 is 0. The van der Waals surface area contributed by atoms with E-state index in [1.807, 2.05) is 37.3 Å². The van der Waals surface area contributed by atoms with E-state index in [0.29, 0.717) is 24.9 Å². The Labute approximate surface area is 180 Å². The average molecular weight is 425 g/mol. The highest BCUT2D eigenvalue weighted by atomic mass is 16.5. The molecule has 0 aliphatic carbocycles. The lowest BCUT2D eigenvalue weighted by molar-refractivity contribution is -0.0260. The zero-order chi connectivity index (χ0) is 21.6. The number of aromatic nitrogens is 3. The second kappa shape index (κ2) is 9.76. The van der Waals surface area contributed by atoms with Crippen LogP contribution in [0.15, 0.2) is 42.6 Å². The first kappa shape index (κ1) is 21.1. The number of aromatic amines is 1. The number of methoxy groups -OCH3 is 1. The van der Waals surface area contributed by atoms with Crippen LogP contribution in [0.5, 0.6) is 5.88 Å². The summed E-state index contributed by atoms with van der Waals surface area (Å²) in [4.78, 5) is 16.9. The van der Waals surface area contributed by atoms with Crippen LogP contribution in [0.25, 0.3) is 10.9 Å². The van der Waals surface area contributed by atoms with Crippen molar-refractivity contribution < 1.29 is 19.0 Å². The number of H-pyrrole nitrogens is 1. The van der Waals surface area contributed by atoms with Gasteiger partial charge < -0.3 is 19.5 Å². The van der Waals surface area contributed by atoms with E-state index < -0.39 is 0 Å². The van der Waals surface area contributed by atoms with Gasteiger partial charge in [0, 0.05) is 32.2 Å². The summed E-state index contributed by atoms with van der Waals surface area (Å²) in [6, 6.07) is 10.7. The first-order valence-corrected chi connectivity index (χ1v) is 10.4. The van der Waals surface area contributed by atoms with E-state index in [2.05, 4.69) is 25.8 Å². The van der Waals surface area contributed by atoms with Crippen molar-refractivity contribution >= 4 is 22.8 Å². The zero-order valence-electron chi connectivity index (χ0n) is 17.6. The van der Waals surface area contributed by atoms with Gasteiger partial charge in [-0.2, -0.15) is 0 Å². The van der Waals surface area contributed by atoms with Crippen molar-refractivity contribution in [3.05, 3.63) is 48.2 Å². The quantitative estimate of drug-likeness (QED) is 0.535. The zero-order valence-corrected chi connectivity index (χ0v) is 17.6. The molecule has 1 fully saturated rings. The van der Waals surface area contributed by atoms with Crippen LogP contribution in [0, 0.1) is 0 Å². The van der Waals surface area contributed by atoms with Crippen LogP contribution in [0.1, 0.15) is 31.4 Å². The summed E-state index contributed by atoms with van der Waals surface area (Å²) in [5, 5.41) is 13.7. The third kappa shape index (κ3) is 5.31. The maximum absolute atomic E-state index is 12.5. The molecule has 9 nitrogen and oxygen atoms in total. The Balaban J connectivity index is 1.41. The molecule has 0 bridgehead atoms. The number of ether oxygens (including phenoxy) is 3. The molecular formula is C22H27N5O4. The molecule has 0 saturated carbocycles. The highest BCUT2D eigenvalue weighted by Gasteiger charge is 2.23. The number of hydrogen-bond acceptors (Lipinski definition) is 6. The van der Waals surface area contributed by atoms with Crippen molar-refractivity contribution in [1.29, 1.82) is 0 Å². The monoisotopic (exact) mass is 425 g/mol. The van der Waals surface area contributed by atoms with Gasteiger partial charge in [0.05, 0.1) is 36.3 Å². The van der Waals surface area contributed by atoms with Crippen molar-refractivity contribution in [3.63, 3.8) is 0 Å². The van der Waals surface area contributed by atoms with E-state index in [1.54, 1.807) is 19.4 Å². The lowest BCUT2D eigenvalue weighted by Gasteiger charge is -2.27. The fourth-order valence-electron chi connectivity index (χ4n) is 3.65. The minimum absolute atomic E-state index is 0.0644. The minimum Gasteiger partial charge on any atom is -0.473 e. The third-order valence-electron chi connectivity index (χ3n) is 5.21. The topological polar surface area (TPSA) is 110 Å². The van der Waals surface area contributed by atoms with Crippen LogP contribution in [0.2, 0.25) is 0 Å². The van der Waals surface area contributed by atoms with Gasteiger partial charge in [-0.25, -0.2) is 9.78 Å². The number of amides is 2. The molecule has 31 heavy (non-hydrogen) atoms. The Morgan fingerprint density at radius 2 is 2.19 bits per heavy atom. The number of carbonyl (C=O) groups is 1. The predicted molar refractivity (Wildman–Crippen MR) is 116 cm³/mol. The molecule has 3 unspecified atom stereocenters. The van der Waals surface area contributed by atoms with Gasteiger partial charge in [0.1, 0.15) is 11.9 Å². The lowest BCUT2D eigenvalue weighted by atomic mass is 10.1. The van der Waals surface area contributed by atoms with Crippen molar-refractivity contribution in [2.75, 3.05) is 25.6 Å². The number of benzene rings is 1. The Morgan fingerprint density at radius 1 is 1.35 bits per heavy atom. The number of rotatable bonds is 7. The Hall–Kier alpha value is -3.17. The van der Waals surface area contributed by atoms with E-state index in [9.17, 15) is 4.79 Å². The van der Waals surface area contributed by atoms with E-state index in [-0.39, 0.29) is 24.3 Å². The number of fused-ring (bicyclic) bond motifs is 1. The third-order valence-corrected chi connectivity index (χ3v) is 5.21. The van der Waals surface area contributed by atoms with E-state index in [0.717, 1.165) is 29.3 Å². The maximum atomic E-state index is 12.5. The van der Waals surface area contributed by atoms with Gasteiger partial charge in [0.25, 0.3) is 0 Å². The molecule has 1 aliphatic heterocycles. The number of hydrogen-bond donors (Lipinski definition) is 3. The number of pyridine rings is 1. The highest BCUT2D eigenvalue weighted by molar-refractivity contribution is 5.92. The van der Waals surface area contributed by atoms with Crippen LogP contribution in [-0.4, -0.2) is 53.7 Å². The maximum Gasteiger partial charge on any atom is 0.320 e. The molecule has 1 aromatic carbocycles. The number of nitrogens with zero attached hydrogens (tertiary/aromatic N) is 2. The van der Waals surface area contributed by atoms with Gasteiger partial charge in [0.2, 0.25) is 5.88 Å². The van der Waals surface area contributed by atoms with Gasteiger partial charge in [0.15, 0.2) is 0 Å². The summed E-state index contributed by atoms with van der Waals surface area (Å²) in [7, 11) is 1.60. The highest BCUT2D eigenvalue weighted by Crippen LogP contribution is 2.27. The van der Waals surface area contributed by atoms with Gasteiger partial charge in [-0.15, -0.1) is 5.10 Å². The average Bonchev–Trinajstić information content (AvgIpc) is 3.16.